The van der Waals surface area contributed by atoms with Gasteiger partial charge in [0.1, 0.15) is 0 Å². The van der Waals surface area contributed by atoms with Crippen molar-refractivity contribution in [3.05, 3.63) is 35.9 Å². The Morgan fingerprint density at radius 3 is 2.52 bits per heavy atom. The number of methoxy groups -OCH3 is 1. The summed E-state index contributed by atoms with van der Waals surface area (Å²) in [7, 11) is 1.64. The van der Waals surface area contributed by atoms with Gasteiger partial charge in [-0.25, -0.2) is 0 Å². The summed E-state index contributed by atoms with van der Waals surface area (Å²) in [5.41, 5.74) is 1.36. The number of rotatable bonds is 11. The zero-order valence-corrected chi connectivity index (χ0v) is 13.4. The quantitative estimate of drug-likeness (QED) is 0.614. The smallest absolute Gasteiger partial charge is 0.0897 e. The van der Waals surface area contributed by atoms with E-state index in [1.54, 1.807) is 7.11 Å². The Hall–Kier alpha value is -0.940. The van der Waals surface area contributed by atoms with E-state index in [9.17, 15) is 5.11 Å². The van der Waals surface area contributed by atoms with E-state index in [1.165, 1.54) is 5.56 Å². The molecule has 1 rings (SSSR count). The second-order valence-corrected chi connectivity index (χ2v) is 5.56. The molecule has 0 aromatic heterocycles. The molecule has 0 fully saturated rings. The maximum absolute atomic E-state index is 9.82. The summed E-state index contributed by atoms with van der Waals surface area (Å²) < 4.78 is 10.5. The van der Waals surface area contributed by atoms with Crippen LogP contribution < -0.4 is 5.32 Å². The SMILES string of the molecule is COCC(C)OCC(O)CNCCC(C)c1ccccc1. The van der Waals surface area contributed by atoms with E-state index in [0.717, 1.165) is 13.0 Å². The van der Waals surface area contributed by atoms with Gasteiger partial charge < -0.3 is 19.9 Å². The summed E-state index contributed by atoms with van der Waals surface area (Å²) in [6.45, 7) is 6.50. The van der Waals surface area contributed by atoms with Gasteiger partial charge in [0.05, 0.1) is 25.4 Å². The lowest BCUT2D eigenvalue weighted by atomic mass is 9.98. The van der Waals surface area contributed by atoms with Gasteiger partial charge in [-0.2, -0.15) is 0 Å². The number of aliphatic hydroxyl groups is 1. The standard InChI is InChI=1S/C17H29NO3/c1-14(16-7-5-4-6-8-16)9-10-18-11-17(19)13-21-15(2)12-20-3/h4-8,14-15,17-19H,9-13H2,1-3H3. The molecule has 4 nitrogen and oxygen atoms in total. The highest BCUT2D eigenvalue weighted by Crippen LogP contribution is 2.17. The number of hydrogen-bond donors (Lipinski definition) is 2. The molecule has 0 radical (unpaired) electrons. The first-order valence-electron chi connectivity index (χ1n) is 7.67. The van der Waals surface area contributed by atoms with Crippen LogP contribution in [-0.2, 0) is 9.47 Å². The number of ether oxygens (including phenoxy) is 2. The molecule has 0 heterocycles. The summed E-state index contributed by atoms with van der Waals surface area (Å²) in [6, 6.07) is 10.5. The molecular weight excluding hydrogens is 266 g/mol. The monoisotopic (exact) mass is 295 g/mol. The zero-order chi connectivity index (χ0) is 15.5. The predicted octanol–water partition coefficient (Wildman–Crippen LogP) is 2.18. The fourth-order valence-electron chi connectivity index (χ4n) is 2.15. The molecule has 0 aliphatic heterocycles. The van der Waals surface area contributed by atoms with E-state index in [-0.39, 0.29) is 6.10 Å². The molecule has 0 aliphatic carbocycles. The van der Waals surface area contributed by atoms with Crippen LogP contribution in [0, 0.1) is 0 Å². The van der Waals surface area contributed by atoms with Crippen molar-refractivity contribution < 1.29 is 14.6 Å². The van der Waals surface area contributed by atoms with Crippen LogP contribution in [0.4, 0.5) is 0 Å². The Labute approximate surface area is 128 Å². The van der Waals surface area contributed by atoms with Crippen molar-refractivity contribution in [2.45, 2.75) is 38.4 Å². The molecule has 3 atom stereocenters. The van der Waals surface area contributed by atoms with Gasteiger partial charge in [-0.05, 0) is 31.4 Å². The highest BCUT2D eigenvalue weighted by molar-refractivity contribution is 5.18. The van der Waals surface area contributed by atoms with Gasteiger partial charge in [0.25, 0.3) is 0 Å². The Kier molecular flexibility index (Phi) is 9.26. The largest absolute Gasteiger partial charge is 0.389 e. The predicted molar refractivity (Wildman–Crippen MR) is 85.6 cm³/mol. The summed E-state index contributed by atoms with van der Waals surface area (Å²) in [5.74, 6) is 0.522. The minimum absolute atomic E-state index is 0.0164. The third kappa shape index (κ3) is 8.17. The summed E-state index contributed by atoms with van der Waals surface area (Å²) in [4.78, 5) is 0. The van der Waals surface area contributed by atoms with E-state index in [1.807, 2.05) is 13.0 Å². The van der Waals surface area contributed by atoms with E-state index < -0.39 is 6.10 Å². The van der Waals surface area contributed by atoms with Gasteiger partial charge in [-0.1, -0.05) is 37.3 Å². The van der Waals surface area contributed by atoms with Crippen molar-refractivity contribution in [2.24, 2.45) is 0 Å². The lowest BCUT2D eigenvalue weighted by Crippen LogP contribution is -2.33. The van der Waals surface area contributed by atoms with E-state index in [0.29, 0.717) is 25.7 Å². The number of aliphatic hydroxyl groups excluding tert-OH is 1. The molecule has 0 bridgehead atoms. The molecule has 3 unspecified atom stereocenters. The zero-order valence-electron chi connectivity index (χ0n) is 13.4. The van der Waals surface area contributed by atoms with Crippen molar-refractivity contribution >= 4 is 0 Å². The van der Waals surface area contributed by atoms with Crippen LogP contribution in [0.25, 0.3) is 0 Å². The molecule has 0 spiro atoms. The average molecular weight is 295 g/mol. The summed E-state index contributed by atoms with van der Waals surface area (Å²) in [6.07, 6.45) is 0.594. The molecule has 2 N–H and O–H groups in total. The van der Waals surface area contributed by atoms with Crippen LogP contribution in [0.1, 0.15) is 31.7 Å². The molecule has 1 aromatic rings. The molecular formula is C17H29NO3. The van der Waals surface area contributed by atoms with Gasteiger partial charge in [0.2, 0.25) is 0 Å². The van der Waals surface area contributed by atoms with Crippen LogP contribution in [-0.4, -0.2) is 50.7 Å². The number of nitrogens with one attached hydrogen (secondary N) is 1. The Morgan fingerprint density at radius 2 is 1.86 bits per heavy atom. The van der Waals surface area contributed by atoms with E-state index >= 15 is 0 Å². The van der Waals surface area contributed by atoms with Crippen LogP contribution in [0.5, 0.6) is 0 Å². The van der Waals surface area contributed by atoms with Crippen molar-refractivity contribution in [1.29, 1.82) is 0 Å². The molecule has 0 amide bonds. The Bertz CT molecular complexity index is 358. The molecule has 120 valence electrons. The van der Waals surface area contributed by atoms with E-state index in [2.05, 4.69) is 36.5 Å². The van der Waals surface area contributed by atoms with Crippen molar-refractivity contribution in [2.75, 3.05) is 33.4 Å². The number of hydrogen-bond acceptors (Lipinski definition) is 4. The van der Waals surface area contributed by atoms with Gasteiger partial charge in [0.15, 0.2) is 0 Å². The van der Waals surface area contributed by atoms with Crippen LogP contribution in [0.2, 0.25) is 0 Å². The topological polar surface area (TPSA) is 50.7 Å². The minimum atomic E-state index is -0.476. The third-order valence-electron chi connectivity index (χ3n) is 3.48. The fraction of sp³-hybridized carbons (Fsp3) is 0.647. The molecule has 4 heteroatoms. The first kappa shape index (κ1) is 18.1. The molecule has 21 heavy (non-hydrogen) atoms. The second kappa shape index (κ2) is 10.7. The van der Waals surface area contributed by atoms with Crippen molar-refractivity contribution in [3.8, 4) is 0 Å². The Morgan fingerprint density at radius 1 is 1.14 bits per heavy atom. The average Bonchev–Trinajstić information content (AvgIpc) is 2.50. The first-order chi connectivity index (χ1) is 10.1. The number of benzene rings is 1. The Balaban J connectivity index is 2.08. The molecule has 0 saturated carbocycles. The van der Waals surface area contributed by atoms with Gasteiger partial charge in [0, 0.05) is 13.7 Å². The van der Waals surface area contributed by atoms with Gasteiger partial charge in [-0.15, -0.1) is 0 Å². The van der Waals surface area contributed by atoms with Crippen molar-refractivity contribution in [3.63, 3.8) is 0 Å². The molecule has 0 aliphatic rings. The summed E-state index contributed by atoms with van der Waals surface area (Å²) in [5, 5.41) is 13.1. The van der Waals surface area contributed by atoms with Crippen LogP contribution in [0.3, 0.4) is 0 Å². The third-order valence-corrected chi connectivity index (χ3v) is 3.48. The summed E-state index contributed by atoms with van der Waals surface area (Å²) >= 11 is 0. The van der Waals surface area contributed by atoms with Crippen LogP contribution in [0.15, 0.2) is 30.3 Å². The molecule has 0 saturated heterocycles. The van der Waals surface area contributed by atoms with E-state index in [4.69, 9.17) is 9.47 Å². The van der Waals surface area contributed by atoms with Gasteiger partial charge in [-0.3, -0.25) is 0 Å². The lowest BCUT2D eigenvalue weighted by molar-refractivity contribution is -0.0310. The highest BCUT2D eigenvalue weighted by Gasteiger charge is 2.08. The van der Waals surface area contributed by atoms with Crippen molar-refractivity contribution in [1.82, 2.24) is 5.32 Å². The van der Waals surface area contributed by atoms with Crippen LogP contribution >= 0.6 is 0 Å². The minimum Gasteiger partial charge on any atom is -0.389 e. The lowest BCUT2D eigenvalue weighted by Gasteiger charge is -2.17. The second-order valence-electron chi connectivity index (χ2n) is 5.56. The highest BCUT2D eigenvalue weighted by atomic mass is 16.5. The maximum Gasteiger partial charge on any atom is 0.0897 e. The maximum atomic E-state index is 9.82. The van der Waals surface area contributed by atoms with Gasteiger partial charge >= 0.3 is 0 Å². The first-order valence-corrected chi connectivity index (χ1v) is 7.67. The normalized spacial score (nSPS) is 15.6. The molecule has 1 aromatic carbocycles. The fourth-order valence-corrected chi connectivity index (χ4v) is 2.15.